The highest BCUT2D eigenvalue weighted by Crippen LogP contribution is 2.23. The molecule has 0 aliphatic carbocycles. The number of anilines is 2. The molecule has 0 saturated carbocycles. The number of hydrogen-bond donors (Lipinski definition) is 3. The van der Waals surface area contributed by atoms with E-state index in [0.29, 0.717) is 0 Å². The van der Waals surface area contributed by atoms with Crippen LogP contribution in [0.15, 0.2) is 18.2 Å². The summed E-state index contributed by atoms with van der Waals surface area (Å²) in [6.07, 6.45) is 2.01. The smallest absolute Gasteiger partial charge is 0.0569 e. The molecule has 0 spiro atoms. The first kappa shape index (κ1) is 13.9. The third kappa shape index (κ3) is 3.71. The topological polar surface area (TPSA) is 58.3 Å². The number of aliphatic hydroxyl groups is 1. The van der Waals surface area contributed by atoms with Gasteiger partial charge in [0.05, 0.1) is 6.61 Å². The predicted octanol–water partition coefficient (Wildman–Crippen LogP) is 2.40. The molecule has 0 aliphatic rings. The van der Waals surface area contributed by atoms with Crippen LogP contribution in [0.5, 0.6) is 0 Å². The quantitative estimate of drug-likeness (QED) is 0.563. The van der Waals surface area contributed by atoms with Crippen molar-refractivity contribution in [2.24, 2.45) is 0 Å². The van der Waals surface area contributed by atoms with Gasteiger partial charge in [-0.15, -0.1) is 0 Å². The summed E-state index contributed by atoms with van der Waals surface area (Å²) in [5, 5.41) is 12.8. The van der Waals surface area contributed by atoms with Gasteiger partial charge in [-0.1, -0.05) is 0 Å². The van der Waals surface area contributed by atoms with E-state index >= 15 is 0 Å². The molecule has 0 aromatic heterocycles. The van der Waals surface area contributed by atoms with Gasteiger partial charge in [0.2, 0.25) is 0 Å². The van der Waals surface area contributed by atoms with E-state index in [0.717, 1.165) is 14.9 Å². The molecule has 0 amide bonds. The van der Waals surface area contributed by atoms with Crippen LogP contribution in [0.25, 0.3) is 0 Å². The number of nitrogens with two attached hydrogens (primary N) is 1. The summed E-state index contributed by atoms with van der Waals surface area (Å²) in [4.78, 5) is 0. The number of nitrogen functional groups attached to an aromatic ring is 1. The maximum atomic E-state index is 9.21. The Hall–Kier alpha value is -0.140. The van der Waals surface area contributed by atoms with Gasteiger partial charge in [-0.05, 0) is 54.0 Å². The summed E-state index contributed by atoms with van der Waals surface area (Å²) in [6.45, 7) is 2.25. The standard InChI is InChI=1S/C11H17IN2OS/c1-7(11(6-15)16-2)14-10-4-3-8(13)5-9(10)12/h3-5,7,11,14-15H,6,13H2,1-2H3. The second-order valence-corrected chi connectivity index (χ2v) is 5.87. The van der Waals surface area contributed by atoms with Gasteiger partial charge in [0.25, 0.3) is 0 Å². The van der Waals surface area contributed by atoms with E-state index < -0.39 is 0 Å². The lowest BCUT2D eigenvalue weighted by Gasteiger charge is -2.23. The molecule has 2 atom stereocenters. The Morgan fingerprint density at radius 3 is 2.75 bits per heavy atom. The number of aliphatic hydroxyl groups excluding tert-OH is 1. The number of nitrogens with one attached hydrogen (secondary N) is 1. The van der Waals surface area contributed by atoms with E-state index in [2.05, 4.69) is 34.8 Å². The highest BCUT2D eigenvalue weighted by atomic mass is 127. The zero-order valence-electron chi connectivity index (χ0n) is 9.40. The molecule has 2 unspecified atom stereocenters. The normalized spacial score (nSPS) is 14.5. The molecule has 90 valence electrons. The number of benzene rings is 1. The largest absolute Gasteiger partial charge is 0.399 e. The first-order valence-electron chi connectivity index (χ1n) is 5.03. The van der Waals surface area contributed by atoms with Gasteiger partial charge in [0.1, 0.15) is 0 Å². The predicted molar refractivity (Wildman–Crippen MR) is 81.0 cm³/mol. The molecule has 1 rings (SSSR count). The van der Waals surface area contributed by atoms with Gasteiger partial charge in [-0.25, -0.2) is 0 Å². The average Bonchev–Trinajstić information content (AvgIpc) is 2.24. The molecule has 0 saturated heterocycles. The van der Waals surface area contributed by atoms with Crippen LogP contribution >= 0.6 is 34.4 Å². The number of halogens is 1. The van der Waals surface area contributed by atoms with Crippen molar-refractivity contribution in [3.8, 4) is 0 Å². The summed E-state index contributed by atoms with van der Waals surface area (Å²) in [7, 11) is 0. The van der Waals surface area contributed by atoms with Crippen molar-refractivity contribution in [2.75, 3.05) is 23.9 Å². The van der Waals surface area contributed by atoms with E-state index in [9.17, 15) is 5.11 Å². The molecular formula is C11H17IN2OS. The summed E-state index contributed by atoms with van der Waals surface area (Å²) in [5.41, 5.74) is 7.53. The van der Waals surface area contributed by atoms with Crippen LogP contribution in [0.1, 0.15) is 6.92 Å². The highest BCUT2D eigenvalue weighted by molar-refractivity contribution is 14.1. The first-order valence-corrected chi connectivity index (χ1v) is 7.40. The Labute approximate surface area is 114 Å². The Balaban J connectivity index is 2.72. The fraction of sp³-hybridized carbons (Fsp3) is 0.455. The second kappa shape index (κ2) is 6.56. The molecule has 0 aliphatic heterocycles. The summed E-state index contributed by atoms with van der Waals surface area (Å²) < 4.78 is 1.10. The van der Waals surface area contributed by atoms with E-state index in [1.54, 1.807) is 11.8 Å². The highest BCUT2D eigenvalue weighted by Gasteiger charge is 2.15. The lowest BCUT2D eigenvalue weighted by Crippen LogP contribution is -2.31. The van der Waals surface area contributed by atoms with Crippen LogP contribution in [0, 0.1) is 3.57 Å². The number of rotatable bonds is 5. The minimum absolute atomic E-state index is 0.181. The van der Waals surface area contributed by atoms with Crippen molar-refractivity contribution in [2.45, 2.75) is 18.2 Å². The molecule has 4 N–H and O–H groups in total. The maximum Gasteiger partial charge on any atom is 0.0569 e. The van der Waals surface area contributed by atoms with Crippen molar-refractivity contribution < 1.29 is 5.11 Å². The van der Waals surface area contributed by atoms with Crippen LogP contribution < -0.4 is 11.1 Å². The van der Waals surface area contributed by atoms with Crippen LogP contribution in [-0.4, -0.2) is 29.3 Å². The van der Waals surface area contributed by atoms with Crippen molar-refractivity contribution in [3.05, 3.63) is 21.8 Å². The van der Waals surface area contributed by atoms with Gasteiger partial charge in [0.15, 0.2) is 0 Å². The van der Waals surface area contributed by atoms with Crippen molar-refractivity contribution in [1.82, 2.24) is 0 Å². The summed E-state index contributed by atoms with van der Waals surface area (Å²) in [5.74, 6) is 0. The number of thioether (sulfide) groups is 1. The fourth-order valence-electron chi connectivity index (χ4n) is 1.42. The molecule has 16 heavy (non-hydrogen) atoms. The minimum Gasteiger partial charge on any atom is -0.399 e. The molecule has 0 fully saturated rings. The van der Waals surface area contributed by atoms with E-state index in [4.69, 9.17) is 5.73 Å². The van der Waals surface area contributed by atoms with Gasteiger partial charge < -0.3 is 16.2 Å². The van der Waals surface area contributed by atoms with Crippen LogP contribution in [0.3, 0.4) is 0 Å². The lowest BCUT2D eigenvalue weighted by molar-refractivity contribution is 0.288. The first-order chi connectivity index (χ1) is 7.58. The van der Waals surface area contributed by atoms with Crippen molar-refractivity contribution in [1.29, 1.82) is 0 Å². The molecule has 0 bridgehead atoms. The SMILES string of the molecule is CSC(CO)C(C)Nc1ccc(N)cc1I. The Kier molecular flexibility index (Phi) is 5.71. The van der Waals surface area contributed by atoms with Gasteiger partial charge in [0, 0.05) is 26.2 Å². The molecule has 1 aromatic carbocycles. The van der Waals surface area contributed by atoms with Crippen LogP contribution in [-0.2, 0) is 0 Å². The van der Waals surface area contributed by atoms with Crippen molar-refractivity contribution in [3.63, 3.8) is 0 Å². The molecular weight excluding hydrogens is 335 g/mol. The molecule has 0 radical (unpaired) electrons. The molecule has 0 heterocycles. The maximum absolute atomic E-state index is 9.21. The lowest BCUT2D eigenvalue weighted by atomic mass is 10.2. The van der Waals surface area contributed by atoms with E-state index in [-0.39, 0.29) is 17.9 Å². The zero-order valence-corrected chi connectivity index (χ0v) is 12.4. The van der Waals surface area contributed by atoms with Gasteiger partial charge in [-0.2, -0.15) is 11.8 Å². The Morgan fingerprint density at radius 1 is 1.56 bits per heavy atom. The van der Waals surface area contributed by atoms with E-state index in [1.807, 2.05) is 24.5 Å². The fourth-order valence-corrected chi connectivity index (χ4v) is 2.74. The molecule has 5 heteroatoms. The van der Waals surface area contributed by atoms with Gasteiger partial charge in [-0.3, -0.25) is 0 Å². The van der Waals surface area contributed by atoms with E-state index in [1.165, 1.54) is 0 Å². The average molecular weight is 352 g/mol. The molecule has 3 nitrogen and oxygen atoms in total. The van der Waals surface area contributed by atoms with Crippen LogP contribution in [0.2, 0.25) is 0 Å². The van der Waals surface area contributed by atoms with Crippen molar-refractivity contribution >= 4 is 45.7 Å². The summed E-state index contributed by atoms with van der Waals surface area (Å²) in [6, 6.07) is 6.01. The minimum atomic E-state index is 0.181. The zero-order chi connectivity index (χ0) is 12.1. The number of hydrogen-bond acceptors (Lipinski definition) is 4. The Morgan fingerprint density at radius 2 is 2.25 bits per heavy atom. The third-order valence-corrected chi connectivity index (χ3v) is 4.47. The monoisotopic (exact) mass is 352 g/mol. The van der Waals surface area contributed by atoms with Gasteiger partial charge >= 0.3 is 0 Å². The molecule has 1 aromatic rings. The Bertz CT molecular complexity index is 345. The summed E-state index contributed by atoms with van der Waals surface area (Å²) >= 11 is 3.92. The second-order valence-electron chi connectivity index (χ2n) is 3.63. The van der Waals surface area contributed by atoms with Crippen LogP contribution in [0.4, 0.5) is 11.4 Å². The third-order valence-electron chi connectivity index (χ3n) is 2.42.